The zero-order valence-electron chi connectivity index (χ0n) is 14.1. The van der Waals surface area contributed by atoms with Gasteiger partial charge in [-0.2, -0.15) is 0 Å². The lowest BCUT2D eigenvalue weighted by molar-refractivity contribution is -0.591. The van der Waals surface area contributed by atoms with E-state index < -0.39 is 17.2 Å². The maximum atomic E-state index is 12.4. The molecule has 4 aliphatic heterocycles. The van der Waals surface area contributed by atoms with E-state index in [9.17, 15) is 4.79 Å². The average molecular weight is 310 g/mol. The molecule has 3 unspecified atom stereocenters. The molecule has 4 heterocycles. The predicted octanol–water partition coefficient (Wildman–Crippen LogP) is 3.18. The summed E-state index contributed by atoms with van der Waals surface area (Å²) in [5, 5.41) is 0. The number of hydrogen-bond acceptors (Lipinski definition) is 5. The van der Waals surface area contributed by atoms with E-state index in [0.717, 1.165) is 25.7 Å². The van der Waals surface area contributed by atoms with Gasteiger partial charge in [0.15, 0.2) is 5.60 Å². The molecule has 4 saturated heterocycles. The Kier molecular flexibility index (Phi) is 2.75. The highest BCUT2D eigenvalue weighted by atomic mass is 17.3. The Morgan fingerprint density at radius 1 is 1.05 bits per heavy atom. The van der Waals surface area contributed by atoms with E-state index >= 15 is 0 Å². The Bertz CT molecular complexity index is 535. The Balaban J connectivity index is 1.96. The van der Waals surface area contributed by atoms with Crippen LogP contribution < -0.4 is 0 Å². The summed E-state index contributed by atoms with van der Waals surface area (Å²) in [6.45, 7) is 10.2. The van der Waals surface area contributed by atoms with Gasteiger partial charge < -0.3 is 9.47 Å². The summed E-state index contributed by atoms with van der Waals surface area (Å²) in [6.07, 6.45) is 3.72. The van der Waals surface area contributed by atoms with Gasteiger partial charge in [-0.3, -0.25) is 4.79 Å². The fourth-order valence-corrected chi connectivity index (χ4v) is 5.65. The molecule has 5 aliphatic rings. The number of carbonyl (C=O) groups is 1. The van der Waals surface area contributed by atoms with Crippen molar-refractivity contribution in [3.8, 4) is 0 Å². The highest BCUT2D eigenvalue weighted by molar-refractivity contribution is 5.74. The van der Waals surface area contributed by atoms with E-state index in [1.807, 2.05) is 20.8 Å². The highest BCUT2D eigenvalue weighted by Crippen LogP contribution is 2.68. The largest absolute Gasteiger partial charge is 0.430 e. The number of rotatable bonds is 0. The van der Waals surface area contributed by atoms with Crippen LogP contribution in [0.3, 0.4) is 0 Å². The second-order valence-corrected chi connectivity index (χ2v) is 8.30. The van der Waals surface area contributed by atoms with Crippen LogP contribution in [0.2, 0.25) is 0 Å². The molecular formula is C17H26O5. The first-order valence-electron chi connectivity index (χ1n) is 8.47. The Labute approximate surface area is 131 Å². The molecule has 124 valence electrons. The van der Waals surface area contributed by atoms with Crippen molar-refractivity contribution in [1.82, 2.24) is 0 Å². The van der Waals surface area contributed by atoms with E-state index in [1.54, 1.807) is 0 Å². The molecule has 5 nitrogen and oxygen atoms in total. The molecule has 5 rings (SSSR count). The minimum absolute atomic E-state index is 0.0580. The van der Waals surface area contributed by atoms with Crippen molar-refractivity contribution in [1.29, 1.82) is 0 Å². The zero-order valence-corrected chi connectivity index (χ0v) is 14.1. The topological polar surface area (TPSA) is 54.0 Å². The van der Waals surface area contributed by atoms with Crippen molar-refractivity contribution in [2.75, 3.05) is 0 Å². The zero-order chi connectivity index (χ0) is 16.0. The molecule has 2 bridgehead atoms. The van der Waals surface area contributed by atoms with Gasteiger partial charge in [0, 0.05) is 24.7 Å². The SMILES string of the molecule is CC1CCC2[C@@H](C)C(=O)O[C@@]3(C)OC4(C)CC[C@]1(C)[C@@]23OO4. The van der Waals surface area contributed by atoms with Gasteiger partial charge in [-0.25, -0.2) is 9.78 Å². The third kappa shape index (κ3) is 1.44. The molecule has 1 spiro atoms. The number of carbonyl (C=O) groups excluding carboxylic acids is 1. The number of esters is 1. The van der Waals surface area contributed by atoms with Gasteiger partial charge in [-0.1, -0.05) is 20.8 Å². The molecular weight excluding hydrogens is 284 g/mol. The maximum Gasteiger partial charge on any atom is 0.311 e. The van der Waals surface area contributed by atoms with Crippen molar-refractivity contribution in [2.45, 2.75) is 77.5 Å². The normalized spacial score (nSPS) is 60.4. The summed E-state index contributed by atoms with van der Waals surface area (Å²) < 4.78 is 12.1. The molecule has 0 amide bonds. The Hall–Kier alpha value is -0.650. The molecule has 22 heavy (non-hydrogen) atoms. The summed E-state index contributed by atoms with van der Waals surface area (Å²) in [5.74, 6) is -1.81. The van der Waals surface area contributed by atoms with Gasteiger partial charge in [0.25, 0.3) is 0 Å². The fourth-order valence-electron chi connectivity index (χ4n) is 5.65. The van der Waals surface area contributed by atoms with E-state index in [0.29, 0.717) is 5.92 Å². The van der Waals surface area contributed by atoms with Gasteiger partial charge in [-0.05, 0) is 32.1 Å². The van der Waals surface area contributed by atoms with Crippen LogP contribution in [0.25, 0.3) is 0 Å². The van der Waals surface area contributed by atoms with E-state index in [1.165, 1.54) is 0 Å². The molecule has 0 N–H and O–H groups in total. The number of ether oxygens (including phenoxy) is 2. The molecule has 5 heteroatoms. The van der Waals surface area contributed by atoms with Crippen LogP contribution in [0.15, 0.2) is 0 Å². The van der Waals surface area contributed by atoms with Crippen LogP contribution in [0.1, 0.15) is 60.3 Å². The maximum absolute atomic E-state index is 12.4. The first-order valence-corrected chi connectivity index (χ1v) is 8.47. The van der Waals surface area contributed by atoms with Crippen LogP contribution in [-0.2, 0) is 24.0 Å². The fraction of sp³-hybridized carbons (Fsp3) is 0.941. The minimum Gasteiger partial charge on any atom is -0.430 e. The van der Waals surface area contributed by atoms with E-state index in [4.69, 9.17) is 19.2 Å². The van der Waals surface area contributed by atoms with Crippen molar-refractivity contribution in [3.63, 3.8) is 0 Å². The summed E-state index contributed by atoms with van der Waals surface area (Å²) in [5.41, 5.74) is -0.880. The van der Waals surface area contributed by atoms with Gasteiger partial charge in [-0.15, -0.1) is 0 Å². The summed E-state index contributed by atoms with van der Waals surface area (Å²) in [6, 6.07) is 0. The lowest BCUT2D eigenvalue weighted by atomic mass is 9.48. The van der Waals surface area contributed by atoms with Gasteiger partial charge in [0.2, 0.25) is 11.6 Å². The van der Waals surface area contributed by atoms with Crippen molar-refractivity contribution in [3.05, 3.63) is 0 Å². The number of fused-ring (bicyclic) bond motifs is 2. The van der Waals surface area contributed by atoms with Crippen molar-refractivity contribution >= 4 is 5.97 Å². The highest BCUT2D eigenvalue weighted by Gasteiger charge is 2.79. The first kappa shape index (κ1) is 14.9. The van der Waals surface area contributed by atoms with Crippen LogP contribution in [-0.4, -0.2) is 23.1 Å². The van der Waals surface area contributed by atoms with Crippen LogP contribution in [0.5, 0.6) is 0 Å². The summed E-state index contributed by atoms with van der Waals surface area (Å²) in [7, 11) is 0. The lowest BCUT2D eigenvalue weighted by Gasteiger charge is -2.65. The van der Waals surface area contributed by atoms with Crippen molar-refractivity contribution in [2.24, 2.45) is 23.2 Å². The van der Waals surface area contributed by atoms with Gasteiger partial charge in [0.05, 0.1) is 5.92 Å². The monoisotopic (exact) mass is 310 g/mol. The van der Waals surface area contributed by atoms with Crippen molar-refractivity contribution < 1.29 is 24.0 Å². The Morgan fingerprint density at radius 2 is 1.77 bits per heavy atom. The Morgan fingerprint density at radius 3 is 2.50 bits per heavy atom. The molecule has 7 atom stereocenters. The summed E-state index contributed by atoms with van der Waals surface area (Å²) >= 11 is 0. The molecule has 0 aromatic rings. The quantitative estimate of drug-likeness (QED) is 0.508. The minimum atomic E-state index is -1.09. The average Bonchev–Trinajstić information content (AvgIpc) is 2.60. The van der Waals surface area contributed by atoms with Crippen LogP contribution in [0, 0.1) is 23.2 Å². The molecule has 1 aliphatic carbocycles. The number of hydrogen-bond donors (Lipinski definition) is 0. The van der Waals surface area contributed by atoms with Gasteiger partial charge >= 0.3 is 5.97 Å². The molecule has 0 aromatic carbocycles. The second kappa shape index (κ2) is 4.05. The third-order valence-electron chi connectivity index (χ3n) is 7.17. The van der Waals surface area contributed by atoms with E-state index in [-0.39, 0.29) is 23.2 Å². The lowest BCUT2D eigenvalue weighted by Crippen LogP contribution is -2.78. The van der Waals surface area contributed by atoms with Crippen LogP contribution >= 0.6 is 0 Å². The standard InChI is InChI=1S/C17H26O5/c1-10-6-7-12-11(2)13(18)19-16(5)17(12)14(10,3)8-9-15(4,20-16)21-22-17/h10-12H,6-9H2,1-5H3/t10?,11-,12?,14+,15?,16+,17+/m1/s1. The van der Waals surface area contributed by atoms with E-state index in [2.05, 4.69) is 13.8 Å². The third-order valence-corrected chi connectivity index (χ3v) is 7.17. The summed E-state index contributed by atoms with van der Waals surface area (Å²) in [4.78, 5) is 24.3. The van der Waals surface area contributed by atoms with Gasteiger partial charge in [0.1, 0.15) is 0 Å². The second-order valence-electron chi connectivity index (χ2n) is 8.30. The van der Waals surface area contributed by atoms with Crippen LogP contribution in [0.4, 0.5) is 0 Å². The molecule has 0 radical (unpaired) electrons. The molecule has 1 saturated carbocycles. The first-order chi connectivity index (χ1) is 10.2. The molecule has 5 fully saturated rings. The predicted molar refractivity (Wildman–Crippen MR) is 77.3 cm³/mol. The molecule has 0 aromatic heterocycles. The smallest absolute Gasteiger partial charge is 0.311 e.